The monoisotopic (exact) mass is 552 g/mol. The zero-order chi connectivity index (χ0) is 26.3. The topological polar surface area (TPSA) is 120 Å². The Labute approximate surface area is 217 Å². The van der Waals surface area contributed by atoms with Gasteiger partial charge < -0.3 is 19.7 Å². The minimum atomic E-state index is -3.53. The van der Waals surface area contributed by atoms with Crippen molar-refractivity contribution in [3.63, 3.8) is 0 Å². The number of sulfone groups is 1. The van der Waals surface area contributed by atoms with E-state index in [0.717, 1.165) is 5.56 Å². The molecule has 194 valence electrons. The summed E-state index contributed by atoms with van der Waals surface area (Å²) < 4.78 is 49.0. The van der Waals surface area contributed by atoms with Crippen LogP contribution in [0.15, 0.2) is 59.6 Å². The molecule has 2 aromatic carbocycles. The van der Waals surface area contributed by atoms with E-state index in [0.29, 0.717) is 24.6 Å². The van der Waals surface area contributed by atoms with E-state index < -0.39 is 22.7 Å². The van der Waals surface area contributed by atoms with Crippen molar-refractivity contribution in [1.29, 1.82) is 0 Å². The van der Waals surface area contributed by atoms with E-state index in [1.807, 2.05) is 12.1 Å². The molecule has 0 unspecified atom stereocenters. The molecule has 36 heavy (non-hydrogen) atoms. The summed E-state index contributed by atoms with van der Waals surface area (Å²) in [6, 6.07) is 13.8. The largest absolute Gasteiger partial charge is 0.338 e. The Morgan fingerprint density at radius 2 is 1.64 bits per heavy atom. The Bertz CT molecular complexity index is 1330. The van der Waals surface area contributed by atoms with Gasteiger partial charge in [0.05, 0.1) is 41.4 Å². The van der Waals surface area contributed by atoms with Gasteiger partial charge >= 0.3 is 7.60 Å². The second-order valence-corrected chi connectivity index (χ2v) is 13.0. The maximum absolute atomic E-state index is 12.8. The molecule has 0 bridgehead atoms. The average molecular weight is 553 g/mol. The van der Waals surface area contributed by atoms with Crippen LogP contribution in [0.2, 0.25) is 5.02 Å². The lowest BCUT2D eigenvalue weighted by Gasteiger charge is -2.17. The van der Waals surface area contributed by atoms with Crippen molar-refractivity contribution in [2.45, 2.75) is 44.0 Å². The molecule has 3 rings (SSSR count). The molecule has 0 spiro atoms. The van der Waals surface area contributed by atoms with Crippen LogP contribution in [0.25, 0.3) is 0 Å². The average Bonchev–Trinajstić information content (AvgIpc) is 2.83. The Hall–Kier alpha value is -2.49. The Morgan fingerprint density at radius 3 is 2.25 bits per heavy atom. The van der Waals surface area contributed by atoms with Gasteiger partial charge in [0, 0.05) is 5.69 Å². The second-order valence-electron chi connectivity index (χ2n) is 8.03. The van der Waals surface area contributed by atoms with Gasteiger partial charge in [-0.1, -0.05) is 35.9 Å². The Balaban J connectivity index is 1.79. The lowest BCUT2D eigenvalue weighted by atomic mass is 10.2. The van der Waals surface area contributed by atoms with Crippen molar-refractivity contribution in [3.05, 3.63) is 65.3 Å². The summed E-state index contributed by atoms with van der Waals surface area (Å²) in [7, 11) is -6.73. The second kappa shape index (κ2) is 12.2. The van der Waals surface area contributed by atoms with Crippen LogP contribution >= 0.6 is 19.2 Å². The highest BCUT2D eigenvalue weighted by molar-refractivity contribution is 7.92. The van der Waals surface area contributed by atoms with Gasteiger partial charge in [-0.25, -0.2) is 13.4 Å². The normalized spacial score (nSPS) is 12.1. The summed E-state index contributed by atoms with van der Waals surface area (Å²) in [5.41, 5.74) is 1.86. The fourth-order valence-corrected chi connectivity index (χ4v) is 6.32. The minimum absolute atomic E-state index is 0.163. The van der Waals surface area contributed by atoms with Crippen LogP contribution in [-0.4, -0.2) is 36.8 Å². The molecule has 0 aliphatic rings. The molecule has 0 amide bonds. The van der Waals surface area contributed by atoms with Gasteiger partial charge in [0.25, 0.3) is 0 Å². The molecule has 0 aliphatic heterocycles. The molecular formula is C24H30ClN4O5PS. The molecule has 12 heteroatoms. The summed E-state index contributed by atoms with van der Waals surface area (Å²) in [5, 5.41) is 5.76. The first-order chi connectivity index (χ1) is 17.1. The Morgan fingerprint density at radius 1 is 1.00 bits per heavy atom. The Kier molecular flexibility index (Phi) is 9.49. The molecule has 0 atom stereocenters. The van der Waals surface area contributed by atoms with Crippen molar-refractivity contribution in [2.75, 3.05) is 23.8 Å². The molecule has 3 aromatic rings. The van der Waals surface area contributed by atoms with Crippen LogP contribution in [-0.2, 0) is 29.6 Å². The first-order valence-corrected chi connectivity index (χ1v) is 15.1. The van der Waals surface area contributed by atoms with Crippen LogP contribution in [0.4, 0.5) is 23.1 Å². The van der Waals surface area contributed by atoms with E-state index in [1.165, 1.54) is 6.20 Å². The number of halogens is 1. The van der Waals surface area contributed by atoms with E-state index >= 15 is 0 Å². The van der Waals surface area contributed by atoms with Gasteiger partial charge in [0.1, 0.15) is 5.02 Å². The molecule has 1 aromatic heterocycles. The lowest BCUT2D eigenvalue weighted by Crippen LogP contribution is -2.15. The fraction of sp³-hybridized carbons (Fsp3) is 0.333. The number of hydrogen-bond donors (Lipinski definition) is 2. The SMILES string of the molecule is CCOP(=O)(Cc1ccc(Nc2ncc(Cl)c(Nc3ccccc3S(=O)(=O)C(C)C)n2)cc1)OCC. The zero-order valence-electron chi connectivity index (χ0n) is 20.6. The molecule has 9 nitrogen and oxygen atoms in total. The molecule has 0 fully saturated rings. The van der Waals surface area contributed by atoms with Gasteiger partial charge in [-0.3, -0.25) is 4.57 Å². The number of hydrogen-bond acceptors (Lipinski definition) is 9. The molecule has 0 aliphatic carbocycles. The van der Waals surface area contributed by atoms with Crippen molar-refractivity contribution < 1.29 is 22.0 Å². The van der Waals surface area contributed by atoms with E-state index in [9.17, 15) is 13.0 Å². The smallest absolute Gasteiger partial charge is 0.335 e. The van der Waals surface area contributed by atoms with E-state index in [2.05, 4.69) is 20.6 Å². The van der Waals surface area contributed by atoms with Gasteiger partial charge in [-0.15, -0.1) is 0 Å². The summed E-state index contributed by atoms with van der Waals surface area (Å²) in [4.78, 5) is 8.79. The maximum Gasteiger partial charge on any atom is 0.335 e. The van der Waals surface area contributed by atoms with Crippen LogP contribution in [0.5, 0.6) is 0 Å². The number of aromatic nitrogens is 2. The third-order valence-electron chi connectivity index (χ3n) is 5.05. The molecule has 0 saturated carbocycles. The minimum Gasteiger partial charge on any atom is -0.338 e. The number of benzene rings is 2. The molecule has 0 radical (unpaired) electrons. The predicted octanol–water partition coefficient (Wildman–Crippen LogP) is 6.57. The standard InChI is InChI=1S/C24H30ClN4O5PS/c1-5-33-35(30,34-6-2)16-18-11-13-19(14-12-18)27-24-26-15-20(25)23(29-24)28-21-9-7-8-10-22(21)36(31,32)17(3)4/h7-15,17H,5-6,16H2,1-4H3,(H2,26,27,28,29). The number of rotatable bonds is 12. The summed E-state index contributed by atoms with van der Waals surface area (Å²) >= 11 is 6.30. The first kappa shape index (κ1) is 28.1. The number of anilines is 4. The third-order valence-corrected chi connectivity index (χ3v) is 9.59. The van der Waals surface area contributed by atoms with E-state index in [-0.39, 0.29) is 27.8 Å². The highest BCUT2D eigenvalue weighted by atomic mass is 35.5. The summed E-state index contributed by atoms with van der Waals surface area (Å²) in [6.45, 7) is 7.41. The third kappa shape index (κ3) is 7.05. The molecule has 0 saturated heterocycles. The van der Waals surface area contributed by atoms with E-state index in [1.54, 1.807) is 64.1 Å². The van der Waals surface area contributed by atoms with Crippen molar-refractivity contribution in [3.8, 4) is 0 Å². The highest BCUT2D eigenvalue weighted by Crippen LogP contribution is 2.51. The van der Waals surface area contributed by atoms with Crippen LogP contribution < -0.4 is 10.6 Å². The zero-order valence-corrected chi connectivity index (χ0v) is 23.0. The quantitative estimate of drug-likeness (QED) is 0.240. The van der Waals surface area contributed by atoms with Crippen LogP contribution in [0.1, 0.15) is 33.3 Å². The molecular weight excluding hydrogens is 523 g/mol. The van der Waals surface area contributed by atoms with Gasteiger partial charge in [-0.2, -0.15) is 4.98 Å². The van der Waals surface area contributed by atoms with Crippen LogP contribution in [0, 0.1) is 0 Å². The highest BCUT2D eigenvalue weighted by Gasteiger charge is 2.24. The summed E-state index contributed by atoms with van der Waals surface area (Å²) in [5.74, 6) is 0.514. The number of para-hydroxylation sites is 1. The van der Waals surface area contributed by atoms with Crippen molar-refractivity contribution >= 4 is 52.2 Å². The van der Waals surface area contributed by atoms with Gasteiger partial charge in [-0.05, 0) is 57.5 Å². The molecule has 2 N–H and O–H groups in total. The fourth-order valence-electron chi connectivity index (χ4n) is 3.28. The summed E-state index contributed by atoms with van der Waals surface area (Å²) in [6.07, 6.45) is 1.59. The first-order valence-electron chi connectivity index (χ1n) is 11.4. The van der Waals surface area contributed by atoms with Crippen molar-refractivity contribution in [2.24, 2.45) is 0 Å². The lowest BCUT2D eigenvalue weighted by molar-refractivity contribution is 0.219. The van der Waals surface area contributed by atoms with Gasteiger partial charge in [0.2, 0.25) is 5.95 Å². The molecule has 1 heterocycles. The maximum atomic E-state index is 12.8. The van der Waals surface area contributed by atoms with E-state index in [4.69, 9.17) is 20.6 Å². The van der Waals surface area contributed by atoms with Crippen molar-refractivity contribution in [1.82, 2.24) is 9.97 Å². The predicted molar refractivity (Wildman–Crippen MR) is 143 cm³/mol. The van der Waals surface area contributed by atoms with Gasteiger partial charge in [0.15, 0.2) is 15.7 Å². The van der Waals surface area contributed by atoms with Crippen LogP contribution in [0.3, 0.4) is 0 Å². The number of nitrogens with zero attached hydrogens (tertiary/aromatic N) is 2. The number of nitrogens with one attached hydrogen (secondary N) is 2.